The van der Waals surface area contributed by atoms with Gasteiger partial charge in [0.15, 0.2) is 5.78 Å². The fraction of sp³-hybridized carbons (Fsp3) is 0.364. The summed E-state index contributed by atoms with van der Waals surface area (Å²) in [5, 5.41) is 3.55. The van der Waals surface area contributed by atoms with Gasteiger partial charge in [-0.3, -0.25) is 4.79 Å². The Labute approximate surface area is 89.3 Å². The van der Waals surface area contributed by atoms with Crippen LogP contribution in [0, 0.1) is 0 Å². The van der Waals surface area contributed by atoms with E-state index in [2.05, 4.69) is 5.32 Å². The number of carbonyl (C=O) groups excluding carboxylic acids is 1. The van der Waals surface area contributed by atoms with Crippen LogP contribution in [0.1, 0.15) is 23.2 Å². The summed E-state index contributed by atoms with van der Waals surface area (Å²) in [6.45, 7) is 0.857. The zero-order valence-electron chi connectivity index (χ0n) is 8.22. The van der Waals surface area contributed by atoms with Gasteiger partial charge in [-0.1, -0.05) is 23.7 Å². The number of carbonyl (C=O) groups is 1. The maximum atomic E-state index is 11.6. The van der Waals surface area contributed by atoms with Gasteiger partial charge in [-0.25, -0.2) is 0 Å². The summed E-state index contributed by atoms with van der Waals surface area (Å²) in [6.07, 6.45) is 1.39. The van der Waals surface area contributed by atoms with E-state index in [0.29, 0.717) is 17.0 Å². The highest BCUT2D eigenvalue weighted by atomic mass is 35.5. The van der Waals surface area contributed by atoms with E-state index in [1.54, 1.807) is 12.1 Å². The summed E-state index contributed by atoms with van der Waals surface area (Å²) in [5.74, 6) is 0.117. The first kappa shape index (κ1) is 11.2. The van der Waals surface area contributed by atoms with E-state index in [1.807, 2.05) is 19.2 Å². The number of Topliss-reactive ketones (excluding diaryl/α,β-unsaturated/α-hetero) is 1. The number of benzene rings is 1. The summed E-state index contributed by atoms with van der Waals surface area (Å²) in [5.41, 5.74) is 0.630. The molecule has 2 nitrogen and oxygen atoms in total. The molecule has 0 atom stereocenters. The van der Waals surface area contributed by atoms with Crippen molar-refractivity contribution in [1.29, 1.82) is 0 Å². The molecule has 0 aliphatic carbocycles. The van der Waals surface area contributed by atoms with Crippen LogP contribution in [0.25, 0.3) is 0 Å². The average Bonchev–Trinajstić information content (AvgIpc) is 2.18. The van der Waals surface area contributed by atoms with Gasteiger partial charge in [0, 0.05) is 12.0 Å². The first-order valence-electron chi connectivity index (χ1n) is 4.68. The molecule has 0 heterocycles. The molecule has 0 aromatic heterocycles. The van der Waals surface area contributed by atoms with Crippen molar-refractivity contribution in [3.8, 4) is 0 Å². The second-order valence-electron chi connectivity index (χ2n) is 3.11. The second kappa shape index (κ2) is 5.78. The normalized spacial score (nSPS) is 10.1. The summed E-state index contributed by atoms with van der Waals surface area (Å²) in [7, 11) is 1.87. The van der Waals surface area contributed by atoms with Gasteiger partial charge in [0.05, 0.1) is 5.02 Å². The zero-order valence-corrected chi connectivity index (χ0v) is 8.97. The Kier molecular flexibility index (Phi) is 4.63. The number of hydrogen-bond acceptors (Lipinski definition) is 2. The van der Waals surface area contributed by atoms with Crippen molar-refractivity contribution in [2.45, 2.75) is 12.8 Å². The Morgan fingerprint density at radius 3 is 2.79 bits per heavy atom. The topological polar surface area (TPSA) is 29.1 Å². The second-order valence-corrected chi connectivity index (χ2v) is 3.52. The van der Waals surface area contributed by atoms with Crippen LogP contribution >= 0.6 is 11.6 Å². The Hall–Kier alpha value is -0.860. The van der Waals surface area contributed by atoms with Crippen LogP contribution in [0.15, 0.2) is 24.3 Å². The number of rotatable bonds is 5. The molecule has 0 amide bonds. The standard InChI is InChI=1S/C11H14ClNO/c1-13-8-4-7-11(14)9-5-2-3-6-10(9)12/h2-3,5-6,13H,4,7-8H2,1H3. The molecule has 0 saturated heterocycles. The minimum Gasteiger partial charge on any atom is -0.320 e. The maximum absolute atomic E-state index is 11.6. The third-order valence-electron chi connectivity index (χ3n) is 2.00. The van der Waals surface area contributed by atoms with Crippen molar-refractivity contribution in [3.05, 3.63) is 34.9 Å². The van der Waals surface area contributed by atoms with E-state index in [-0.39, 0.29) is 5.78 Å². The lowest BCUT2D eigenvalue weighted by molar-refractivity contribution is 0.0980. The van der Waals surface area contributed by atoms with E-state index >= 15 is 0 Å². The van der Waals surface area contributed by atoms with Crippen molar-refractivity contribution < 1.29 is 4.79 Å². The van der Waals surface area contributed by atoms with Crippen LogP contribution in [0.3, 0.4) is 0 Å². The molecule has 0 saturated carbocycles. The van der Waals surface area contributed by atoms with Gasteiger partial charge in [0.25, 0.3) is 0 Å². The largest absolute Gasteiger partial charge is 0.320 e. The van der Waals surface area contributed by atoms with E-state index < -0.39 is 0 Å². The number of hydrogen-bond donors (Lipinski definition) is 1. The molecule has 76 valence electrons. The van der Waals surface area contributed by atoms with Gasteiger partial charge in [-0.2, -0.15) is 0 Å². The summed E-state index contributed by atoms with van der Waals surface area (Å²) in [4.78, 5) is 11.6. The molecule has 0 aliphatic rings. The van der Waals surface area contributed by atoms with Crippen LogP contribution in [0.5, 0.6) is 0 Å². The van der Waals surface area contributed by atoms with Gasteiger partial charge in [0.2, 0.25) is 0 Å². The summed E-state index contributed by atoms with van der Waals surface area (Å²) < 4.78 is 0. The summed E-state index contributed by atoms with van der Waals surface area (Å²) >= 11 is 5.90. The first-order valence-corrected chi connectivity index (χ1v) is 5.06. The number of nitrogens with one attached hydrogen (secondary N) is 1. The highest BCUT2D eigenvalue weighted by Gasteiger charge is 2.08. The third-order valence-corrected chi connectivity index (χ3v) is 2.33. The highest BCUT2D eigenvalue weighted by Crippen LogP contribution is 2.16. The quantitative estimate of drug-likeness (QED) is 0.599. The molecule has 3 heteroatoms. The van der Waals surface area contributed by atoms with E-state index in [9.17, 15) is 4.79 Å². The van der Waals surface area contributed by atoms with Crippen LogP contribution in [0.2, 0.25) is 5.02 Å². The van der Waals surface area contributed by atoms with Crippen LogP contribution in [0.4, 0.5) is 0 Å². The molecule has 0 radical (unpaired) electrons. The molecule has 0 unspecified atom stereocenters. The summed E-state index contributed by atoms with van der Waals surface area (Å²) in [6, 6.07) is 7.17. The molecule has 0 spiro atoms. The predicted molar refractivity (Wildman–Crippen MR) is 58.9 cm³/mol. The van der Waals surface area contributed by atoms with Gasteiger partial charge in [0.1, 0.15) is 0 Å². The smallest absolute Gasteiger partial charge is 0.164 e. The minimum atomic E-state index is 0.117. The SMILES string of the molecule is CNCCCC(=O)c1ccccc1Cl. The zero-order chi connectivity index (χ0) is 10.4. The number of halogens is 1. The predicted octanol–water partition coefficient (Wildman–Crippen LogP) is 2.52. The van der Waals surface area contributed by atoms with Crippen LogP contribution < -0.4 is 5.32 Å². The Bertz CT molecular complexity index is 312. The molecule has 1 rings (SSSR count). The van der Waals surface area contributed by atoms with Crippen LogP contribution in [-0.4, -0.2) is 19.4 Å². The molecule has 0 fully saturated rings. The number of ketones is 1. The fourth-order valence-electron chi connectivity index (χ4n) is 1.25. The van der Waals surface area contributed by atoms with Crippen molar-refractivity contribution in [2.75, 3.05) is 13.6 Å². The third kappa shape index (κ3) is 3.13. The fourth-order valence-corrected chi connectivity index (χ4v) is 1.49. The highest BCUT2D eigenvalue weighted by molar-refractivity contribution is 6.33. The molecule has 1 N–H and O–H groups in total. The van der Waals surface area contributed by atoms with Gasteiger partial charge in [-0.15, -0.1) is 0 Å². The minimum absolute atomic E-state index is 0.117. The average molecular weight is 212 g/mol. The van der Waals surface area contributed by atoms with E-state index in [1.165, 1.54) is 0 Å². The van der Waals surface area contributed by atoms with Gasteiger partial charge >= 0.3 is 0 Å². The molecule has 0 aliphatic heterocycles. The van der Waals surface area contributed by atoms with Crippen molar-refractivity contribution in [1.82, 2.24) is 5.32 Å². The molecular formula is C11H14ClNO. The lowest BCUT2D eigenvalue weighted by Gasteiger charge is -2.02. The van der Waals surface area contributed by atoms with Crippen molar-refractivity contribution in [2.24, 2.45) is 0 Å². The maximum Gasteiger partial charge on any atom is 0.164 e. The van der Waals surface area contributed by atoms with Crippen molar-refractivity contribution >= 4 is 17.4 Å². The van der Waals surface area contributed by atoms with Crippen LogP contribution in [-0.2, 0) is 0 Å². The van der Waals surface area contributed by atoms with Gasteiger partial charge < -0.3 is 5.32 Å². The van der Waals surface area contributed by atoms with E-state index in [4.69, 9.17) is 11.6 Å². The van der Waals surface area contributed by atoms with E-state index in [0.717, 1.165) is 13.0 Å². The first-order chi connectivity index (χ1) is 6.75. The Morgan fingerprint density at radius 1 is 1.43 bits per heavy atom. The van der Waals surface area contributed by atoms with Gasteiger partial charge in [-0.05, 0) is 32.1 Å². The monoisotopic (exact) mass is 211 g/mol. The molecular weight excluding hydrogens is 198 g/mol. The molecule has 14 heavy (non-hydrogen) atoms. The lowest BCUT2D eigenvalue weighted by atomic mass is 10.1. The molecule has 1 aromatic carbocycles. The van der Waals surface area contributed by atoms with Crippen molar-refractivity contribution in [3.63, 3.8) is 0 Å². The lowest BCUT2D eigenvalue weighted by Crippen LogP contribution is -2.10. The Morgan fingerprint density at radius 2 is 2.14 bits per heavy atom. The molecule has 0 bridgehead atoms. The Balaban J connectivity index is 2.56. The molecule has 1 aromatic rings.